The van der Waals surface area contributed by atoms with Crippen LogP contribution in [-0.4, -0.2) is 34.5 Å². The van der Waals surface area contributed by atoms with E-state index in [1.807, 2.05) is 4.68 Å². The summed E-state index contributed by atoms with van der Waals surface area (Å²) >= 11 is 0. The zero-order chi connectivity index (χ0) is 11.2. The molecule has 1 saturated carbocycles. The predicted molar refractivity (Wildman–Crippen MR) is 60.9 cm³/mol. The lowest BCUT2D eigenvalue weighted by molar-refractivity contribution is 0.126. The Morgan fingerprint density at radius 3 is 3.19 bits per heavy atom. The van der Waals surface area contributed by atoms with E-state index in [9.17, 15) is 0 Å². The van der Waals surface area contributed by atoms with Crippen LogP contribution in [0.3, 0.4) is 0 Å². The highest BCUT2D eigenvalue weighted by molar-refractivity contribution is 4.83. The van der Waals surface area contributed by atoms with Crippen molar-refractivity contribution in [3.63, 3.8) is 0 Å². The predicted octanol–water partition coefficient (Wildman–Crippen LogP) is 0.814. The zero-order valence-corrected chi connectivity index (χ0v) is 9.85. The number of ether oxygens (including phenoxy) is 1. The van der Waals surface area contributed by atoms with Crippen LogP contribution in [0.15, 0.2) is 6.33 Å². The van der Waals surface area contributed by atoms with Crippen LogP contribution in [0.5, 0.6) is 0 Å². The minimum atomic E-state index is 0.765. The van der Waals surface area contributed by atoms with Gasteiger partial charge in [-0.25, -0.2) is 9.67 Å². The molecule has 0 aromatic carbocycles. The Bertz CT molecular complexity index is 309. The molecule has 0 spiro atoms. The van der Waals surface area contributed by atoms with Crippen LogP contribution in [-0.2, 0) is 17.8 Å². The Morgan fingerprint density at radius 2 is 2.44 bits per heavy atom. The van der Waals surface area contributed by atoms with E-state index in [2.05, 4.69) is 22.3 Å². The molecule has 1 aromatic rings. The summed E-state index contributed by atoms with van der Waals surface area (Å²) in [6.07, 6.45) is 4.31. The maximum atomic E-state index is 5.53. The van der Waals surface area contributed by atoms with Gasteiger partial charge in [-0.2, -0.15) is 5.10 Å². The van der Waals surface area contributed by atoms with Gasteiger partial charge in [-0.3, -0.25) is 0 Å². The second kappa shape index (κ2) is 5.96. The number of aryl methyl sites for hydroxylation is 1. The lowest BCUT2D eigenvalue weighted by atomic mass is 10.5. The molecule has 0 unspecified atom stereocenters. The van der Waals surface area contributed by atoms with Crippen LogP contribution in [0.2, 0.25) is 0 Å². The summed E-state index contributed by atoms with van der Waals surface area (Å²) in [4.78, 5) is 4.19. The van der Waals surface area contributed by atoms with Gasteiger partial charge in [-0.05, 0) is 25.7 Å². The van der Waals surface area contributed by atoms with Crippen LogP contribution in [0.1, 0.15) is 25.6 Å². The van der Waals surface area contributed by atoms with Gasteiger partial charge < -0.3 is 10.1 Å². The van der Waals surface area contributed by atoms with Gasteiger partial charge in [0.1, 0.15) is 12.2 Å². The van der Waals surface area contributed by atoms with E-state index in [0.717, 1.165) is 44.6 Å². The van der Waals surface area contributed by atoms with Crippen LogP contribution >= 0.6 is 0 Å². The summed E-state index contributed by atoms with van der Waals surface area (Å²) in [6.45, 7) is 6.31. The minimum absolute atomic E-state index is 0.765. The molecule has 90 valence electrons. The lowest BCUT2D eigenvalue weighted by Crippen LogP contribution is -2.22. The smallest absolute Gasteiger partial charge is 0.140 e. The maximum Gasteiger partial charge on any atom is 0.140 e. The van der Waals surface area contributed by atoms with Crippen molar-refractivity contribution in [2.24, 2.45) is 5.92 Å². The molecule has 0 bridgehead atoms. The maximum absolute atomic E-state index is 5.53. The van der Waals surface area contributed by atoms with Crippen molar-refractivity contribution in [3.8, 4) is 0 Å². The molecule has 1 heterocycles. The van der Waals surface area contributed by atoms with E-state index in [0.29, 0.717) is 0 Å². The van der Waals surface area contributed by atoms with E-state index in [4.69, 9.17) is 4.74 Å². The highest BCUT2D eigenvalue weighted by Crippen LogP contribution is 2.28. The van der Waals surface area contributed by atoms with E-state index in [1.165, 1.54) is 12.8 Å². The molecule has 1 aliphatic carbocycles. The van der Waals surface area contributed by atoms with Crippen molar-refractivity contribution in [3.05, 3.63) is 12.2 Å². The molecule has 0 amide bonds. The first kappa shape index (κ1) is 11.5. The number of nitrogens with one attached hydrogen (secondary N) is 1. The average Bonchev–Trinajstić information content (AvgIpc) is 3.01. The topological polar surface area (TPSA) is 52.0 Å². The third-order valence-corrected chi connectivity index (χ3v) is 2.75. The highest BCUT2D eigenvalue weighted by Gasteiger charge is 2.20. The first-order valence-corrected chi connectivity index (χ1v) is 6.05. The molecule has 1 fully saturated rings. The third kappa shape index (κ3) is 3.57. The van der Waals surface area contributed by atoms with E-state index < -0.39 is 0 Å². The Kier molecular flexibility index (Phi) is 4.30. The molecule has 16 heavy (non-hydrogen) atoms. The highest BCUT2D eigenvalue weighted by atomic mass is 16.5. The van der Waals surface area contributed by atoms with Gasteiger partial charge in [0.25, 0.3) is 0 Å². The fraction of sp³-hybridized carbons (Fsp3) is 0.818. The number of hydrogen-bond donors (Lipinski definition) is 1. The summed E-state index contributed by atoms with van der Waals surface area (Å²) in [5.41, 5.74) is 0. The van der Waals surface area contributed by atoms with Gasteiger partial charge in [0.15, 0.2) is 0 Å². The number of aromatic nitrogens is 3. The lowest BCUT2D eigenvalue weighted by Gasteiger charge is -2.06. The average molecular weight is 224 g/mol. The van der Waals surface area contributed by atoms with Crippen LogP contribution in [0.4, 0.5) is 0 Å². The van der Waals surface area contributed by atoms with Gasteiger partial charge in [-0.15, -0.1) is 0 Å². The summed E-state index contributed by atoms with van der Waals surface area (Å²) < 4.78 is 7.43. The molecule has 0 atom stereocenters. The van der Waals surface area contributed by atoms with Crippen molar-refractivity contribution >= 4 is 0 Å². The monoisotopic (exact) mass is 224 g/mol. The molecule has 5 nitrogen and oxygen atoms in total. The quantitative estimate of drug-likeness (QED) is 0.664. The Morgan fingerprint density at radius 1 is 1.56 bits per heavy atom. The fourth-order valence-electron chi connectivity index (χ4n) is 1.57. The summed E-state index contributed by atoms with van der Waals surface area (Å²) in [6, 6.07) is 0. The summed E-state index contributed by atoms with van der Waals surface area (Å²) in [7, 11) is 0. The second-order valence-corrected chi connectivity index (χ2v) is 4.19. The zero-order valence-electron chi connectivity index (χ0n) is 9.85. The number of rotatable bonds is 8. The van der Waals surface area contributed by atoms with Crippen molar-refractivity contribution in [2.75, 3.05) is 19.8 Å². The molecular weight excluding hydrogens is 204 g/mol. The van der Waals surface area contributed by atoms with Crippen molar-refractivity contribution in [1.29, 1.82) is 0 Å². The normalized spacial score (nSPS) is 15.6. The van der Waals surface area contributed by atoms with E-state index >= 15 is 0 Å². The molecular formula is C11H20N4O. The largest absolute Gasteiger partial charge is 0.380 e. The van der Waals surface area contributed by atoms with Gasteiger partial charge >= 0.3 is 0 Å². The van der Waals surface area contributed by atoms with Crippen molar-refractivity contribution in [1.82, 2.24) is 20.1 Å². The Hall–Kier alpha value is -0.940. The molecule has 0 aliphatic heterocycles. The van der Waals surface area contributed by atoms with E-state index in [-0.39, 0.29) is 0 Å². The van der Waals surface area contributed by atoms with Gasteiger partial charge in [0.05, 0.1) is 13.2 Å². The first-order chi connectivity index (χ1) is 7.90. The van der Waals surface area contributed by atoms with Gasteiger partial charge in [0.2, 0.25) is 0 Å². The summed E-state index contributed by atoms with van der Waals surface area (Å²) in [5.74, 6) is 1.84. The molecule has 0 saturated heterocycles. The van der Waals surface area contributed by atoms with Crippen LogP contribution in [0, 0.1) is 5.92 Å². The Balaban J connectivity index is 1.53. The molecule has 1 N–H and O–H groups in total. The SMILES string of the molecule is CCn1ncnc1CNCCOCC1CC1. The molecule has 0 radical (unpaired) electrons. The third-order valence-electron chi connectivity index (χ3n) is 2.75. The summed E-state index contributed by atoms with van der Waals surface area (Å²) in [5, 5.41) is 7.42. The van der Waals surface area contributed by atoms with Crippen LogP contribution in [0.25, 0.3) is 0 Å². The molecule has 1 aliphatic rings. The van der Waals surface area contributed by atoms with Gasteiger partial charge in [0, 0.05) is 19.7 Å². The van der Waals surface area contributed by atoms with Crippen LogP contribution < -0.4 is 5.32 Å². The molecule has 5 heteroatoms. The minimum Gasteiger partial charge on any atom is -0.380 e. The van der Waals surface area contributed by atoms with E-state index in [1.54, 1.807) is 6.33 Å². The number of hydrogen-bond acceptors (Lipinski definition) is 4. The molecule has 2 rings (SSSR count). The van der Waals surface area contributed by atoms with Gasteiger partial charge in [-0.1, -0.05) is 0 Å². The van der Waals surface area contributed by atoms with Crippen molar-refractivity contribution in [2.45, 2.75) is 32.9 Å². The Labute approximate surface area is 96.2 Å². The standard InChI is InChI=1S/C11H20N4O/c1-2-15-11(13-9-14-15)7-12-5-6-16-8-10-3-4-10/h9-10,12H,2-8H2,1H3. The molecule has 1 aromatic heterocycles. The van der Waals surface area contributed by atoms with Crippen molar-refractivity contribution < 1.29 is 4.74 Å². The fourth-order valence-corrected chi connectivity index (χ4v) is 1.57. The number of nitrogens with zero attached hydrogens (tertiary/aromatic N) is 3. The second-order valence-electron chi connectivity index (χ2n) is 4.19. The first-order valence-electron chi connectivity index (χ1n) is 6.05.